The molecule has 9 atom stereocenters. The fraction of sp³-hybridized carbons (Fsp3) is 0.909. The van der Waals surface area contributed by atoms with Crippen LogP contribution in [0.2, 0.25) is 0 Å². The molecule has 0 radical (unpaired) electrons. The largest absolute Gasteiger partial charge is 0.393 e. The van der Waals surface area contributed by atoms with Gasteiger partial charge < -0.3 is 9.63 Å². The summed E-state index contributed by atoms with van der Waals surface area (Å²) in [6, 6.07) is 0. The molecule has 4 rings (SSSR count). The number of rotatable bonds is 3. The van der Waals surface area contributed by atoms with Crippen LogP contribution >= 0.6 is 9.47 Å². The van der Waals surface area contributed by atoms with Crippen molar-refractivity contribution < 1.29 is 9.63 Å². The molecule has 0 bridgehead atoms. The Morgan fingerprint density at radius 3 is 2.80 bits per heavy atom. The first-order chi connectivity index (χ1) is 11.9. The van der Waals surface area contributed by atoms with Crippen LogP contribution in [0.1, 0.15) is 72.1 Å². The SMILES string of the molecule is C[C@H](COP)[C@H]1CCC2C3CC[C@@H]4C[C@H](O)CC[C@]4(C)C3=CC[C@@]21C. The molecular formula is C22H37O2P. The molecule has 3 saturated carbocycles. The normalized spacial score (nSPS) is 50.4. The lowest BCUT2D eigenvalue weighted by Gasteiger charge is -2.57. The zero-order valence-corrected chi connectivity index (χ0v) is 17.5. The smallest absolute Gasteiger partial charge is 0.0543 e. The van der Waals surface area contributed by atoms with Crippen molar-refractivity contribution in [3.05, 3.63) is 11.6 Å². The van der Waals surface area contributed by atoms with Crippen molar-refractivity contribution in [1.29, 1.82) is 0 Å². The van der Waals surface area contributed by atoms with Crippen molar-refractivity contribution in [2.75, 3.05) is 6.61 Å². The third-order valence-corrected chi connectivity index (χ3v) is 9.31. The molecule has 0 amide bonds. The van der Waals surface area contributed by atoms with E-state index in [4.69, 9.17) is 4.52 Å². The van der Waals surface area contributed by atoms with Gasteiger partial charge in [0.05, 0.1) is 12.7 Å². The Hall–Kier alpha value is 0.0900. The average molecular weight is 365 g/mol. The summed E-state index contributed by atoms with van der Waals surface area (Å²) in [4.78, 5) is 0. The van der Waals surface area contributed by atoms with E-state index < -0.39 is 0 Å². The maximum atomic E-state index is 10.2. The van der Waals surface area contributed by atoms with Crippen LogP contribution in [0.25, 0.3) is 0 Å². The van der Waals surface area contributed by atoms with E-state index in [1.165, 1.54) is 38.5 Å². The van der Waals surface area contributed by atoms with Gasteiger partial charge in [-0.25, -0.2) is 0 Å². The fourth-order valence-corrected chi connectivity index (χ4v) is 8.05. The predicted octanol–water partition coefficient (Wildman–Crippen LogP) is 5.37. The predicted molar refractivity (Wildman–Crippen MR) is 106 cm³/mol. The van der Waals surface area contributed by atoms with Gasteiger partial charge in [0, 0.05) is 9.47 Å². The van der Waals surface area contributed by atoms with Crippen LogP contribution in [0.15, 0.2) is 11.6 Å². The summed E-state index contributed by atoms with van der Waals surface area (Å²) in [5.41, 5.74) is 2.64. The van der Waals surface area contributed by atoms with Crippen molar-refractivity contribution in [2.45, 2.75) is 78.2 Å². The topological polar surface area (TPSA) is 29.5 Å². The fourth-order valence-electron chi connectivity index (χ4n) is 7.75. The third-order valence-electron chi connectivity index (χ3n) is 9.12. The van der Waals surface area contributed by atoms with E-state index in [9.17, 15) is 5.11 Å². The van der Waals surface area contributed by atoms with Crippen LogP contribution in [0.5, 0.6) is 0 Å². The van der Waals surface area contributed by atoms with Gasteiger partial charge >= 0.3 is 0 Å². The highest BCUT2D eigenvalue weighted by atomic mass is 31.0. The van der Waals surface area contributed by atoms with Crippen molar-refractivity contribution in [1.82, 2.24) is 0 Å². The third kappa shape index (κ3) is 2.77. The van der Waals surface area contributed by atoms with Crippen LogP contribution in [0.3, 0.4) is 0 Å². The number of hydrogen-bond acceptors (Lipinski definition) is 2. The van der Waals surface area contributed by atoms with Crippen LogP contribution in [-0.4, -0.2) is 17.8 Å². The maximum Gasteiger partial charge on any atom is 0.0543 e. The molecule has 142 valence electrons. The van der Waals surface area contributed by atoms with E-state index in [2.05, 4.69) is 36.3 Å². The van der Waals surface area contributed by atoms with Gasteiger partial charge in [0.1, 0.15) is 0 Å². The van der Waals surface area contributed by atoms with Crippen LogP contribution in [-0.2, 0) is 4.52 Å². The second-order valence-electron chi connectivity index (χ2n) is 10.2. The Labute approximate surface area is 156 Å². The summed E-state index contributed by atoms with van der Waals surface area (Å²) in [5.74, 6) is 3.84. The van der Waals surface area contributed by atoms with Gasteiger partial charge in [-0.05, 0) is 91.8 Å². The van der Waals surface area contributed by atoms with E-state index in [0.29, 0.717) is 22.7 Å². The molecule has 3 fully saturated rings. The second-order valence-corrected chi connectivity index (χ2v) is 10.5. The average Bonchev–Trinajstić information content (AvgIpc) is 2.93. The van der Waals surface area contributed by atoms with Crippen LogP contribution in [0.4, 0.5) is 0 Å². The Balaban J connectivity index is 1.62. The second kappa shape index (κ2) is 6.61. The molecule has 2 nitrogen and oxygen atoms in total. The molecule has 0 spiro atoms. The summed E-state index contributed by atoms with van der Waals surface area (Å²) in [5, 5.41) is 10.2. The lowest BCUT2D eigenvalue weighted by atomic mass is 9.48. The van der Waals surface area contributed by atoms with E-state index in [1.54, 1.807) is 5.57 Å². The molecule has 3 unspecified atom stereocenters. The highest BCUT2D eigenvalue weighted by Crippen LogP contribution is 2.66. The molecule has 0 saturated heterocycles. The van der Waals surface area contributed by atoms with Gasteiger partial charge in [0.15, 0.2) is 0 Å². The van der Waals surface area contributed by atoms with Crippen molar-refractivity contribution in [3.63, 3.8) is 0 Å². The van der Waals surface area contributed by atoms with Gasteiger partial charge in [0.2, 0.25) is 0 Å². The molecule has 0 aliphatic heterocycles. The highest BCUT2D eigenvalue weighted by Gasteiger charge is 2.57. The van der Waals surface area contributed by atoms with Crippen molar-refractivity contribution in [3.8, 4) is 0 Å². The summed E-state index contributed by atoms with van der Waals surface area (Å²) in [7, 11) is 2.44. The first kappa shape index (κ1) is 18.5. The van der Waals surface area contributed by atoms with Gasteiger partial charge in [0.25, 0.3) is 0 Å². The summed E-state index contributed by atoms with van der Waals surface area (Å²) < 4.78 is 5.42. The van der Waals surface area contributed by atoms with E-state index in [1.807, 2.05) is 0 Å². The first-order valence-corrected chi connectivity index (χ1v) is 11.1. The summed E-state index contributed by atoms with van der Waals surface area (Å²) in [6.45, 7) is 8.38. The van der Waals surface area contributed by atoms with Gasteiger partial charge in [-0.2, -0.15) is 0 Å². The molecule has 25 heavy (non-hydrogen) atoms. The molecule has 1 N–H and O–H groups in total. The molecule has 0 aromatic carbocycles. The van der Waals surface area contributed by atoms with E-state index >= 15 is 0 Å². The van der Waals surface area contributed by atoms with E-state index in [0.717, 1.165) is 37.2 Å². The van der Waals surface area contributed by atoms with Crippen molar-refractivity contribution in [2.24, 2.45) is 40.4 Å². The Kier molecular flexibility index (Phi) is 4.88. The lowest BCUT2D eigenvalue weighted by molar-refractivity contribution is -0.0168. The molecule has 0 aromatic rings. The molecule has 0 heterocycles. The minimum Gasteiger partial charge on any atom is -0.393 e. The van der Waals surface area contributed by atoms with Gasteiger partial charge in [-0.3, -0.25) is 0 Å². The molecule has 0 aromatic heterocycles. The molecule has 4 aliphatic rings. The van der Waals surface area contributed by atoms with Crippen LogP contribution < -0.4 is 0 Å². The lowest BCUT2D eigenvalue weighted by Crippen LogP contribution is -2.49. The zero-order valence-electron chi connectivity index (χ0n) is 16.3. The number of aliphatic hydroxyl groups is 1. The Morgan fingerprint density at radius 1 is 1.24 bits per heavy atom. The zero-order chi connectivity index (χ0) is 17.8. The number of hydrogen-bond donors (Lipinski definition) is 1. The number of aliphatic hydroxyl groups excluding tert-OH is 1. The maximum absolute atomic E-state index is 10.2. The highest BCUT2D eigenvalue weighted by molar-refractivity contribution is 7.09. The monoisotopic (exact) mass is 364 g/mol. The molecular weight excluding hydrogens is 327 g/mol. The van der Waals surface area contributed by atoms with Crippen LogP contribution in [0, 0.1) is 40.4 Å². The number of allylic oxidation sites excluding steroid dienone is 2. The van der Waals surface area contributed by atoms with Gasteiger partial charge in [-0.1, -0.05) is 32.4 Å². The quantitative estimate of drug-likeness (QED) is 0.539. The number of fused-ring (bicyclic) bond motifs is 5. The van der Waals surface area contributed by atoms with Crippen molar-refractivity contribution >= 4 is 9.47 Å². The first-order valence-electron chi connectivity index (χ1n) is 10.6. The summed E-state index contributed by atoms with van der Waals surface area (Å²) >= 11 is 0. The minimum atomic E-state index is -0.0484. The Bertz CT molecular complexity index is 546. The molecule has 3 heteroatoms. The van der Waals surface area contributed by atoms with Gasteiger partial charge in [-0.15, -0.1) is 0 Å². The summed E-state index contributed by atoms with van der Waals surface area (Å²) in [6.07, 6.45) is 12.6. The molecule has 4 aliphatic carbocycles. The van der Waals surface area contributed by atoms with E-state index in [-0.39, 0.29) is 6.10 Å². The minimum absolute atomic E-state index is 0.0484. The Morgan fingerprint density at radius 2 is 2.04 bits per heavy atom. The standard InChI is InChI=1S/C22H37O2P/c1-14(13-24-25)18-6-7-19-17-5-4-15-12-16(23)8-10-21(15,2)20(17)9-11-22(18,19)3/h9,14-19,23H,4-8,10-13,25H2,1-3H3/t14-,15-,16-,17?,18-,19?,21+,22-/m1/s1.